The van der Waals surface area contributed by atoms with Gasteiger partial charge in [0.1, 0.15) is 6.10 Å². The molecule has 0 spiro atoms. The lowest BCUT2D eigenvalue weighted by Crippen LogP contribution is -2.47. The van der Waals surface area contributed by atoms with Crippen molar-refractivity contribution in [2.24, 2.45) is 0 Å². The number of nitrogens with one attached hydrogen (secondary N) is 1. The molecular formula is C18H24N2O3. The maximum absolute atomic E-state index is 12.3. The molecule has 2 amide bonds. The molecule has 0 aromatic heterocycles. The van der Waals surface area contributed by atoms with E-state index in [4.69, 9.17) is 0 Å². The molecular weight excluding hydrogens is 292 g/mol. The fraction of sp³-hybridized carbons (Fsp3) is 0.556. The highest BCUT2D eigenvalue weighted by atomic mass is 16.3. The van der Waals surface area contributed by atoms with Crippen LogP contribution in [0.4, 0.5) is 0 Å². The molecule has 2 aliphatic rings. The quantitative estimate of drug-likeness (QED) is 0.859. The Bertz CT molecular complexity index is 569. The van der Waals surface area contributed by atoms with Gasteiger partial charge in [0.05, 0.1) is 6.54 Å². The van der Waals surface area contributed by atoms with Crippen LogP contribution in [0, 0.1) is 0 Å². The number of likely N-dealkylation sites (tertiary alicyclic amines) is 1. The number of aliphatic hydroxyl groups excluding tert-OH is 1. The summed E-state index contributed by atoms with van der Waals surface area (Å²) in [6.07, 6.45) is 3.98. The van der Waals surface area contributed by atoms with Gasteiger partial charge in [-0.05, 0) is 44.1 Å². The summed E-state index contributed by atoms with van der Waals surface area (Å²) in [4.78, 5) is 25.9. The molecule has 2 N–H and O–H groups in total. The van der Waals surface area contributed by atoms with Gasteiger partial charge in [-0.3, -0.25) is 9.59 Å². The number of amides is 2. The van der Waals surface area contributed by atoms with E-state index in [1.807, 2.05) is 18.2 Å². The number of hydrogen-bond acceptors (Lipinski definition) is 3. The van der Waals surface area contributed by atoms with Gasteiger partial charge in [0, 0.05) is 12.1 Å². The van der Waals surface area contributed by atoms with Gasteiger partial charge >= 0.3 is 0 Å². The number of rotatable bonds is 5. The molecule has 1 aromatic carbocycles. The predicted octanol–water partition coefficient (Wildman–Crippen LogP) is 1.25. The summed E-state index contributed by atoms with van der Waals surface area (Å²) in [5.41, 5.74) is 1.07. The van der Waals surface area contributed by atoms with E-state index in [1.165, 1.54) is 10.5 Å². The van der Waals surface area contributed by atoms with Crippen molar-refractivity contribution >= 4 is 11.8 Å². The van der Waals surface area contributed by atoms with Crippen LogP contribution in [0.15, 0.2) is 30.3 Å². The van der Waals surface area contributed by atoms with Crippen LogP contribution in [0.1, 0.15) is 37.7 Å². The zero-order chi connectivity index (χ0) is 16.3. The van der Waals surface area contributed by atoms with Crippen molar-refractivity contribution in [3.8, 4) is 0 Å². The van der Waals surface area contributed by atoms with E-state index < -0.39 is 6.10 Å². The summed E-state index contributed by atoms with van der Waals surface area (Å²) >= 11 is 0. The Labute approximate surface area is 136 Å². The Balaban J connectivity index is 1.55. The van der Waals surface area contributed by atoms with Gasteiger partial charge < -0.3 is 15.3 Å². The van der Waals surface area contributed by atoms with Crippen molar-refractivity contribution in [2.45, 2.75) is 50.2 Å². The van der Waals surface area contributed by atoms with Gasteiger partial charge in [-0.25, -0.2) is 0 Å². The van der Waals surface area contributed by atoms with Crippen molar-refractivity contribution in [1.82, 2.24) is 10.2 Å². The van der Waals surface area contributed by atoms with E-state index in [-0.39, 0.29) is 23.9 Å². The first-order valence-electron chi connectivity index (χ1n) is 8.40. The number of hydrogen-bond donors (Lipinski definition) is 2. The first-order chi connectivity index (χ1) is 11.1. The average Bonchev–Trinajstić information content (AvgIpc) is 3.30. The Morgan fingerprint density at radius 3 is 2.70 bits per heavy atom. The second kappa shape index (κ2) is 6.71. The van der Waals surface area contributed by atoms with Crippen LogP contribution < -0.4 is 5.32 Å². The van der Waals surface area contributed by atoms with E-state index in [1.54, 1.807) is 0 Å². The summed E-state index contributed by atoms with van der Waals surface area (Å²) < 4.78 is 0. The van der Waals surface area contributed by atoms with Gasteiger partial charge in [0.15, 0.2) is 0 Å². The van der Waals surface area contributed by atoms with Crippen molar-refractivity contribution in [2.75, 3.05) is 13.1 Å². The molecule has 1 aliphatic heterocycles. The summed E-state index contributed by atoms with van der Waals surface area (Å²) in [7, 11) is 0. The molecule has 1 saturated carbocycles. The Morgan fingerprint density at radius 1 is 1.26 bits per heavy atom. The van der Waals surface area contributed by atoms with Crippen LogP contribution in [0.3, 0.4) is 0 Å². The number of aliphatic hydroxyl groups is 1. The molecule has 1 aromatic rings. The molecule has 0 radical (unpaired) electrons. The largest absolute Gasteiger partial charge is 0.383 e. The number of carbonyl (C=O) groups is 2. The molecule has 2 fully saturated rings. The minimum atomic E-state index is -0.954. The van der Waals surface area contributed by atoms with Crippen LogP contribution >= 0.6 is 0 Å². The molecule has 124 valence electrons. The lowest BCUT2D eigenvalue weighted by molar-refractivity contribution is -0.142. The smallest absolute Gasteiger partial charge is 0.251 e. The van der Waals surface area contributed by atoms with Gasteiger partial charge in [0.25, 0.3) is 5.91 Å². The fourth-order valence-corrected chi connectivity index (χ4v) is 3.23. The molecule has 5 heteroatoms. The average molecular weight is 316 g/mol. The number of benzene rings is 1. The third-order valence-corrected chi connectivity index (χ3v) is 4.73. The molecule has 0 bridgehead atoms. The van der Waals surface area contributed by atoms with E-state index in [0.717, 1.165) is 32.1 Å². The molecule has 3 rings (SSSR count). The van der Waals surface area contributed by atoms with Crippen LogP contribution in [-0.2, 0) is 16.0 Å². The number of carbonyl (C=O) groups excluding carboxylic acids is 2. The molecule has 1 saturated heterocycles. The highest BCUT2D eigenvalue weighted by molar-refractivity contribution is 5.87. The van der Waals surface area contributed by atoms with E-state index in [9.17, 15) is 14.7 Å². The van der Waals surface area contributed by atoms with Gasteiger partial charge in [-0.15, -0.1) is 0 Å². The first-order valence-corrected chi connectivity index (χ1v) is 8.40. The highest BCUT2D eigenvalue weighted by Crippen LogP contribution is 2.38. The van der Waals surface area contributed by atoms with Crippen molar-refractivity contribution < 1.29 is 14.7 Å². The third kappa shape index (κ3) is 4.10. The minimum Gasteiger partial charge on any atom is -0.383 e. The van der Waals surface area contributed by atoms with Crippen LogP contribution in [0.5, 0.6) is 0 Å². The van der Waals surface area contributed by atoms with E-state index >= 15 is 0 Å². The zero-order valence-corrected chi connectivity index (χ0v) is 13.3. The van der Waals surface area contributed by atoms with Crippen molar-refractivity contribution in [1.29, 1.82) is 0 Å². The zero-order valence-electron chi connectivity index (χ0n) is 13.3. The molecule has 1 aliphatic carbocycles. The van der Waals surface area contributed by atoms with E-state index in [2.05, 4.69) is 17.4 Å². The van der Waals surface area contributed by atoms with Crippen LogP contribution in [0.25, 0.3) is 0 Å². The highest BCUT2D eigenvalue weighted by Gasteiger charge is 2.44. The minimum absolute atomic E-state index is 0.0480. The summed E-state index contributed by atoms with van der Waals surface area (Å²) in [6, 6.07) is 10.1. The fourth-order valence-electron chi connectivity index (χ4n) is 3.23. The maximum atomic E-state index is 12.3. The lowest BCUT2D eigenvalue weighted by atomic mass is 10.0. The van der Waals surface area contributed by atoms with Gasteiger partial charge in [-0.2, -0.15) is 0 Å². The number of nitrogens with zero attached hydrogens (tertiary/aromatic N) is 1. The predicted molar refractivity (Wildman–Crippen MR) is 86.7 cm³/mol. The SMILES string of the molecule is O=C(CN1CCCCC(O)C1=O)NC1(Cc2ccccc2)CC1. The Hall–Kier alpha value is -1.88. The summed E-state index contributed by atoms with van der Waals surface area (Å²) in [6.45, 7) is 0.599. The molecule has 1 atom stereocenters. The third-order valence-electron chi connectivity index (χ3n) is 4.73. The Kier molecular flexibility index (Phi) is 4.66. The first kappa shape index (κ1) is 16.0. The molecule has 1 heterocycles. The van der Waals surface area contributed by atoms with Crippen molar-refractivity contribution in [3.63, 3.8) is 0 Å². The standard InChI is InChI=1S/C18H24N2O3/c21-15-8-4-5-11-20(17(15)23)13-16(22)19-18(9-10-18)12-14-6-2-1-3-7-14/h1-3,6-7,15,21H,4-5,8-13H2,(H,19,22). The second-order valence-electron chi connectivity index (χ2n) is 6.76. The van der Waals surface area contributed by atoms with Crippen LogP contribution in [0.2, 0.25) is 0 Å². The van der Waals surface area contributed by atoms with Gasteiger partial charge in [-0.1, -0.05) is 30.3 Å². The maximum Gasteiger partial charge on any atom is 0.251 e. The second-order valence-corrected chi connectivity index (χ2v) is 6.76. The topological polar surface area (TPSA) is 69.6 Å². The van der Waals surface area contributed by atoms with Crippen molar-refractivity contribution in [3.05, 3.63) is 35.9 Å². The molecule has 23 heavy (non-hydrogen) atoms. The molecule has 5 nitrogen and oxygen atoms in total. The van der Waals surface area contributed by atoms with E-state index in [0.29, 0.717) is 13.0 Å². The Morgan fingerprint density at radius 2 is 2.00 bits per heavy atom. The summed E-state index contributed by atoms with van der Waals surface area (Å²) in [5.74, 6) is -0.438. The lowest BCUT2D eigenvalue weighted by Gasteiger charge is -2.24. The molecule has 1 unspecified atom stereocenters. The van der Waals surface area contributed by atoms with Gasteiger partial charge in [0.2, 0.25) is 5.91 Å². The summed E-state index contributed by atoms with van der Waals surface area (Å²) in [5, 5.41) is 12.9. The van der Waals surface area contributed by atoms with Crippen LogP contribution in [-0.4, -0.2) is 46.6 Å². The monoisotopic (exact) mass is 316 g/mol. The normalized spacial score (nSPS) is 23.3.